The van der Waals surface area contributed by atoms with E-state index in [1.165, 1.54) is 32.7 Å². The molecule has 0 aliphatic heterocycles. The Labute approximate surface area is 186 Å². The number of rotatable bonds is 3. The maximum atomic E-state index is 10.4. The molecule has 11 heteroatoms. The number of aryl methyl sites for hydroxylation is 3. The summed E-state index contributed by atoms with van der Waals surface area (Å²) in [6.45, 7) is 6.35. The molecule has 4 rings (SSSR count). The number of pyridine rings is 1. The summed E-state index contributed by atoms with van der Waals surface area (Å²) in [6, 6.07) is 12.0. The quantitative estimate of drug-likeness (QED) is 0.245. The van der Waals surface area contributed by atoms with Gasteiger partial charge in [0.15, 0.2) is 0 Å². The van der Waals surface area contributed by atoms with Crippen molar-refractivity contribution in [1.29, 1.82) is 0 Å². The second-order valence-corrected chi connectivity index (χ2v) is 7.43. The lowest BCUT2D eigenvalue weighted by Crippen LogP contribution is -1.97. The van der Waals surface area contributed by atoms with Crippen molar-refractivity contribution in [2.75, 3.05) is 0 Å². The smallest absolute Gasteiger partial charge is 0.324 e. The first-order chi connectivity index (χ1) is 15.5. The molecule has 4 aromatic rings. The van der Waals surface area contributed by atoms with E-state index in [2.05, 4.69) is 49.2 Å². The number of fused-ring (bicyclic) bond motifs is 2. The predicted molar refractivity (Wildman–Crippen MR) is 122 cm³/mol. The lowest BCUT2D eigenvalue weighted by molar-refractivity contribution is -0.404. The van der Waals surface area contributed by atoms with E-state index in [1.807, 2.05) is 13.1 Å². The van der Waals surface area contributed by atoms with Crippen LogP contribution in [0.15, 0.2) is 48.7 Å². The Morgan fingerprint density at radius 2 is 1.33 bits per heavy atom. The number of aromatic hydroxyl groups is 1. The van der Waals surface area contributed by atoms with Crippen LogP contribution in [0.2, 0.25) is 0 Å². The minimum atomic E-state index is -1.21. The van der Waals surface area contributed by atoms with Gasteiger partial charge in [-0.05, 0) is 60.7 Å². The van der Waals surface area contributed by atoms with E-state index >= 15 is 0 Å². The third-order valence-electron chi connectivity index (χ3n) is 4.94. The van der Waals surface area contributed by atoms with Crippen LogP contribution in [-0.2, 0) is 0 Å². The van der Waals surface area contributed by atoms with Gasteiger partial charge in [-0.1, -0.05) is 17.7 Å². The fourth-order valence-corrected chi connectivity index (χ4v) is 3.46. The molecule has 0 saturated heterocycles. The summed E-state index contributed by atoms with van der Waals surface area (Å²) < 4.78 is 0. The van der Waals surface area contributed by atoms with Gasteiger partial charge < -0.3 is 5.11 Å². The Morgan fingerprint density at radius 1 is 0.727 bits per heavy atom. The van der Waals surface area contributed by atoms with Gasteiger partial charge in [-0.3, -0.25) is 35.3 Å². The number of hydrogen-bond donors (Lipinski definition) is 1. The van der Waals surface area contributed by atoms with E-state index in [9.17, 15) is 30.3 Å². The molecule has 3 aromatic carbocycles. The van der Waals surface area contributed by atoms with Gasteiger partial charge in [-0.25, -0.2) is 0 Å². The van der Waals surface area contributed by atoms with Crippen LogP contribution in [0, 0.1) is 51.1 Å². The average Bonchev–Trinajstić information content (AvgIpc) is 2.72. The van der Waals surface area contributed by atoms with Crippen molar-refractivity contribution in [1.82, 2.24) is 4.98 Å². The van der Waals surface area contributed by atoms with Gasteiger partial charge >= 0.3 is 11.4 Å². The second kappa shape index (κ2) is 8.83. The van der Waals surface area contributed by atoms with Crippen molar-refractivity contribution in [3.8, 4) is 5.75 Å². The molecular formula is C22H18N4O7. The number of non-ortho nitro benzene ring substituents is 1. The molecule has 0 aliphatic carbocycles. The Balaban J connectivity index is 0.000000186. The number of hydrogen-bond acceptors (Lipinski definition) is 8. The summed E-state index contributed by atoms with van der Waals surface area (Å²) in [5.74, 6) is -1.21. The molecule has 11 nitrogen and oxygen atoms in total. The van der Waals surface area contributed by atoms with Crippen LogP contribution in [0.1, 0.15) is 16.8 Å². The van der Waals surface area contributed by atoms with Crippen LogP contribution in [0.25, 0.3) is 21.5 Å². The van der Waals surface area contributed by atoms with Crippen LogP contribution in [0.5, 0.6) is 5.75 Å². The van der Waals surface area contributed by atoms with Gasteiger partial charge in [-0.15, -0.1) is 0 Å². The zero-order chi connectivity index (χ0) is 24.4. The molecule has 0 aliphatic rings. The summed E-state index contributed by atoms with van der Waals surface area (Å²) in [7, 11) is 0. The molecule has 0 fully saturated rings. The van der Waals surface area contributed by atoms with Crippen molar-refractivity contribution in [2.45, 2.75) is 20.8 Å². The second-order valence-electron chi connectivity index (χ2n) is 7.43. The highest BCUT2D eigenvalue weighted by molar-refractivity contribution is 5.99. The summed E-state index contributed by atoms with van der Waals surface area (Å²) in [6.07, 6.45) is 1.96. The zero-order valence-corrected chi connectivity index (χ0v) is 17.8. The molecule has 168 valence electrons. The van der Waals surface area contributed by atoms with Crippen molar-refractivity contribution >= 4 is 38.6 Å². The highest BCUT2D eigenvalue weighted by Crippen LogP contribution is 2.39. The molecule has 1 N–H and O–H groups in total. The van der Waals surface area contributed by atoms with Gasteiger partial charge in [0.2, 0.25) is 0 Å². The largest absolute Gasteiger partial charge is 0.497 e. The lowest BCUT2D eigenvalue weighted by Gasteiger charge is -2.07. The fourth-order valence-electron chi connectivity index (χ4n) is 3.46. The number of phenolic OH excluding ortho intramolecular Hbond substituents is 1. The van der Waals surface area contributed by atoms with Gasteiger partial charge in [0, 0.05) is 17.3 Å². The Bertz CT molecular complexity index is 1420. The number of benzene rings is 3. The molecule has 33 heavy (non-hydrogen) atoms. The average molecular weight is 450 g/mol. The van der Waals surface area contributed by atoms with Gasteiger partial charge in [0.1, 0.15) is 0 Å². The first-order valence-electron chi connectivity index (χ1n) is 9.55. The summed E-state index contributed by atoms with van der Waals surface area (Å²) in [5.41, 5.74) is 0.727. The number of phenols is 1. The SMILES string of the molecule is Cc1cc(C)c2cc3cc(C)ncc3cc2c1.O=[N+]([O-])c1cc([N+](=O)[O-])c(O)c([N+](=O)[O-])c1. The van der Waals surface area contributed by atoms with E-state index < -0.39 is 37.6 Å². The standard InChI is InChI=1S/C16H15N.C6H3N3O7/c1-10-4-11(2)16-8-13-6-12(3)17-9-15(13)7-14(16)5-10;10-6-4(8(13)14)1-3(7(11)12)2-5(6)9(15)16/h4-9H,1-3H3;1-2,10H. The first kappa shape index (κ1) is 23.0. The molecule has 0 bridgehead atoms. The van der Waals surface area contributed by atoms with E-state index in [-0.39, 0.29) is 0 Å². The number of nitro benzene ring substituents is 3. The molecule has 1 aromatic heterocycles. The number of nitrogens with zero attached hydrogens (tertiary/aromatic N) is 4. The van der Waals surface area contributed by atoms with Gasteiger partial charge in [-0.2, -0.15) is 0 Å². The van der Waals surface area contributed by atoms with E-state index in [4.69, 9.17) is 5.11 Å². The predicted octanol–water partition coefficient (Wildman–Crippen LogP) is 5.43. The molecule has 0 unspecified atom stereocenters. The van der Waals surface area contributed by atoms with Gasteiger partial charge in [0.25, 0.3) is 11.4 Å². The van der Waals surface area contributed by atoms with E-state index in [1.54, 1.807) is 0 Å². The monoisotopic (exact) mass is 450 g/mol. The van der Waals surface area contributed by atoms with Crippen LogP contribution in [0.4, 0.5) is 17.1 Å². The summed E-state index contributed by atoms with van der Waals surface area (Å²) in [5, 5.41) is 45.4. The van der Waals surface area contributed by atoms with E-state index in [0.29, 0.717) is 12.1 Å². The van der Waals surface area contributed by atoms with Crippen LogP contribution in [-0.4, -0.2) is 24.9 Å². The van der Waals surface area contributed by atoms with E-state index in [0.717, 1.165) is 5.69 Å². The molecule has 0 amide bonds. The molecule has 0 saturated carbocycles. The molecular weight excluding hydrogens is 432 g/mol. The summed E-state index contributed by atoms with van der Waals surface area (Å²) >= 11 is 0. The number of nitro groups is 3. The molecule has 0 atom stereocenters. The highest BCUT2D eigenvalue weighted by Gasteiger charge is 2.30. The topological polar surface area (TPSA) is 163 Å². The lowest BCUT2D eigenvalue weighted by atomic mass is 9.99. The van der Waals surface area contributed by atoms with Crippen molar-refractivity contribution in [3.05, 3.63) is 95.8 Å². The van der Waals surface area contributed by atoms with Crippen molar-refractivity contribution in [3.63, 3.8) is 0 Å². The van der Waals surface area contributed by atoms with Crippen molar-refractivity contribution < 1.29 is 19.9 Å². The molecule has 0 spiro atoms. The minimum Gasteiger partial charge on any atom is -0.497 e. The summed E-state index contributed by atoms with van der Waals surface area (Å²) in [4.78, 5) is 32.1. The van der Waals surface area contributed by atoms with Gasteiger partial charge in [0.05, 0.1) is 26.9 Å². The maximum absolute atomic E-state index is 10.4. The fraction of sp³-hybridized carbons (Fsp3) is 0.136. The Hall–Kier alpha value is -4.67. The number of aromatic nitrogens is 1. The normalized spacial score (nSPS) is 10.5. The van der Waals surface area contributed by atoms with Crippen LogP contribution >= 0.6 is 0 Å². The third-order valence-corrected chi connectivity index (χ3v) is 4.94. The zero-order valence-electron chi connectivity index (χ0n) is 17.8. The Kier molecular flexibility index (Phi) is 6.15. The third kappa shape index (κ3) is 4.82. The first-order valence-corrected chi connectivity index (χ1v) is 9.55. The Morgan fingerprint density at radius 3 is 1.88 bits per heavy atom. The van der Waals surface area contributed by atoms with Crippen LogP contribution < -0.4 is 0 Å². The van der Waals surface area contributed by atoms with Crippen LogP contribution in [0.3, 0.4) is 0 Å². The minimum absolute atomic E-state index is 0.447. The highest BCUT2D eigenvalue weighted by atomic mass is 16.6. The maximum Gasteiger partial charge on any atom is 0.324 e. The molecule has 1 heterocycles. The molecule has 0 radical (unpaired) electrons. The van der Waals surface area contributed by atoms with Crippen molar-refractivity contribution in [2.24, 2.45) is 0 Å².